The number of rotatable bonds is 2. The Kier molecular flexibility index (Phi) is 3.52. The van der Waals surface area contributed by atoms with Crippen LogP contribution in [0.1, 0.15) is 58.6 Å². The van der Waals surface area contributed by atoms with Crippen molar-refractivity contribution in [2.45, 2.75) is 58.8 Å². The second-order valence-corrected chi connectivity index (χ2v) is 8.02. The first-order valence-electron chi connectivity index (χ1n) is 6.86. The van der Waals surface area contributed by atoms with Crippen molar-refractivity contribution >= 4 is 16.3 Å². The summed E-state index contributed by atoms with van der Waals surface area (Å²) in [4.78, 5) is 5.96. The Morgan fingerprint density at radius 2 is 1.79 bits per heavy atom. The van der Waals surface area contributed by atoms with Gasteiger partial charge in [0.2, 0.25) is 0 Å². The van der Waals surface area contributed by atoms with Gasteiger partial charge in [-0.1, -0.05) is 41.5 Å². The molecule has 0 aliphatic carbocycles. The topological polar surface area (TPSA) is 43.3 Å². The van der Waals surface area contributed by atoms with Crippen LogP contribution in [0.2, 0.25) is 0 Å². The van der Waals surface area contributed by atoms with E-state index in [0.29, 0.717) is 6.54 Å². The summed E-state index contributed by atoms with van der Waals surface area (Å²) < 4.78 is 2.33. The van der Waals surface area contributed by atoms with Gasteiger partial charge < -0.3 is 5.73 Å². The van der Waals surface area contributed by atoms with E-state index >= 15 is 0 Å². The van der Waals surface area contributed by atoms with E-state index in [1.165, 1.54) is 17.1 Å². The van der Waals surface area contributed by atoms with E-state index in [1.807, 2.05) is 0 Å². The molecule has 0 aliphatic rings. The van der Waals surface area contributed by atoms with Gasteiger partial charge in [-0.15, -0.1) is 11.3 Å². The van der Waals surface area contributed by atoms with Crippen molar-refractivity contribution in [2.24, 2.45) is 5.73 Å². The van der Waals surface area contributed by atoms with Crippen LogP contribution in [0.5, 0.6) is 0 Å². The van der Waals surface area contributed by atoms with Crippen LogP contribution in [-0.4, -0.2) is 15.9 Å². The number of fused-ring (bicyclic) bond motifs is 1. The predicted octanol–water partition coefficient (Wildman–Crippen LogP) is 3.49. The lowest BCUT2D eigenvalue weighted by atomic mass is 9.89. The minimum absolute atomic E-state index is 0.0609. The van der Waals surface area contributed by atoms with Crippen LogP contribution in [0, 0.1) is 0 Å². The van der Waals surface area contributed by atoms with Crippen LogP contribution in [0.25, 0.3) is 4.96 Å². The van der Waals surface area contributed by atoms with E-state index in [2.05, 4.69) is 51.3 Å². The highest BCUT2D eigenvalue weighted by molar-refractivity contribution is 7.15. The molecule has 2 aromatic heterocycles. The number of hydrogen-bond acceptors (Lipinski definition) is 3. The number of thiazole rings is 1. The van der Waals surface area contributed by atoms with Crippen LogP contribution < -0.4 is 5.73 Å². The van der Waals surface area contributed by atoms with Gasteiger partial charge in [-0.3, -0.25) is 4.40 Å². The molecule has 0 bridgehead atoms. The minimum atomic E-state index is 0.0609. The molecule has 2 rings (SSSR count). The summed E-state index contributed by atoms with van der Waals surface area (Å²) in [7, 11) is 0. The molecule has 2 aromatic rings. The number of aromatic nitrogens is 2. The SMILES string of the molecule is CC(C)(C)c1nc2scc(C(C)(C)C)n2c1CCN. The number of imidazole rings is 1. The summed E-state index contributed by atoms with van der Waals surface area (Å²) >= 11 is 1.73. The van der Waals surface area contributed by atoms with Crippen molar-refractivity contribution < 1.29 is 0 Å². The third-order valence-corrected chi connectivity index (χ3v) is 4.14. The molecule has 0 radical (unpaired) electrons. The van der Waals surface area contributed by atoms with Crippen LogP contribution >= 0.6 is 11.3 Å². The zero-order valence-electron chi connectivity index (χ0n) is 12.9. The first-order chi connectivity index (χ1) is 8.66. The smallest absolute Gasteiger partial charge is 0.194 e. The molecule has 0 fully saturated rings. The fraction of sp³-hybridized carbons (Fsp3) is 0.667. The van der Waals surface area contributed by atoms with Gasteiger partial charge in [0.15, 0.2) is 4.96 Å². The second-order valence-electron chi connectivity index (χ2n) is 7.18. The largest absolute Gasteiger partial charge is 0.330 e. The summed E-state index contributed by atoms with van der Waals surface area (Å²) in [6.07, 6.45) is 0.883. The van der Waals surface area contributed by atoms with Gasteiger partial charge in [0.05, 0.1) is 5.69 Å². The molecule has 0 aliphatic heterocycles. The molecule has 2 N–H and O–H groups in total. The lowest BCUT2D eigenvalue weighted by molar-refractivity contribution is 0.547. The molecular weight excluding hydrogens is 254 g/mol. The van der Waals surface area contributed by atoms with Gasteiger partial charge in [-0.25, -0.2) is 4.98 Å². The average Bonchev–Trinajstić information content (AvgIpc) is 2.76. The third-order valence-electron chi connectivity index (χ3n) is 3.32. The first-order valence-corrected chi connectivity index (χ1v) is 7.74. The van der Waals surface area contributed by atoms with Crippen molar-refractivity contribution in [3.05, 3.63) is 22.5 Å². The average molecular weight is 279 g/mol. The van der Waals surface area contributed by atoms with E-state index in [0.717, 1.165) is 11.4 Å². The highest BCUT2D eigenvalue weighted by Gasteiger charge is 2.28. The van der Waals surface area contributed by atoms with Crippen molar-refractivity contribution in [1.82, 2.24) is 9.38 Å². The van der Waals surface area contributed by atoms with Crippen molar-refractivity contribution in [3.8, 4) is 0 Å². The van der Waals surface area contributed by atoms with Crippen molar-refractivity contribution in [1.29, 1.82) is 0 Å². The maximum atomic E-state index is 5.81. The first kappa shape index (κ1) is 14.5. The molecule has 2 heterocycles. The second kappa shape index (κ2) is 4.60. The van der Waals surface area contributed by atoms with Gasteiger partial charge in [0.25, 0.3) is 0 Å². The predicted molar refractivity (Wildman–Crippen MR) is 83.2 cm³/mol. The van der Waals surface area contributed by atoms with Crippen LogP contribution in [0.15, 0.2) is 5.38 Å². The maximum absolute atomic E-state index is 5.81. The summed E-state index contributed by atoms with van der Waals surface area (Å²) in [5.41, 5.74) is 9.81. The van der Waals surface area contributed by atoms with Gasteiger partial charge >= 0.3 is 0 Å². The molecule has 0 unspecified atom stereocenters. The molecule has 0 amide bonds. The zero-order chi connectivity index (χ0) is 14.4. The normalized spacial score (nSPS) is 13.4. The van der Waals surface area contributed by atoms with E-state index in [-0.39, 0.29) is 10.8 Å². The molecule has 4 heteroatoms. The maximum Gasteiger partial charge on any atom is 0.194 e. The fourth-order valence-electron chi connectivity index (χ4n) is 2.40. The van der Waals surface area contributed by atoms with Crippen LogP contribution in [0.4, 0.5) is 0 Å². The number of nitrogens with zero attached hydrogens (tertiary/aromatic N) is 2. The lowest BCUT2D eigenvalue weighted by Crippen LogP contribution is -2.20. The molecule has 0 aromatic carbocycles. The Labute approximate surface area is 119 Å². The quantitative estimate of drug-likeness (QED) is 0.914. The standard InChI is InChI=1S/C15H25N3S/c1-14(2,3)11-9-19-13-17-12(15(4,5)6)10(7-8-16)18(11)13/h9H,7-8,16H2,1-6H3. The van der Waals surface area contributed by atoms with E-state index < -0.39 is 0 Å². The lowest BCUT2D eigenvalue weighted by Gasteiger charge is -2.21. The van der Waals surface area contributed by atoms with E-state index in [1.54, 1.807) is 11.3 Å². The Hall–Kier alpha value is -0.870. The zero-order valence-corrected chi connectivity index (χ0v) is 13.7. The molecule has 3 nitrogen and oxygen atoms in total. The number of nitrogens with two attached hydrogens (primary N) is 1. The highest BCUT2D eigenvalue weighted by atomic mass is 32.1. The van der Waals surface area contributed by atoms with E-state index in [4.69, 9.17) is 10.7 Å². The molecule has 0 atom stereocenters. The monoisotopic (exact) mass is 279 g/mol. The summed E-state index contributed by atoms with van der Waals surface area (Å²) in [5, 5.41) is 2.23. The van der Waals surface area contributed by atoms with Crippen molar-refractivity contribution in [2.75, 3.05) is 6.54 Å². The summed E-state index contributed by atoms with van der Waals surface area (Å²) in [5.74, 6) is 0. The Bertz CT molecular complexity index is 579. The van der Waals surface area contributed by atoms with Gasteiger partial charge in [-0.05, 0) is 6.54 Å². The number of hydrogen-bond donors (Lipinski definition) is 1. The van der Waals surface area contributed by atoms with Gasteiger partial charge in [-0.2, -0.15) is 0 Å². The fourth-order valence-corrected chi connectivity index (χ4v) is 3.53. The van der Waals surface area contributed by atoms with Crippen molar-refractivity contribution in [3.63, 3.8) is 0 Å². The van der Waals surface area contributed by atoms with Gasteiger partial charge in [0, 0.05) is 34.0 Å². The minimum Gasteiger partial charge on any atom is -0.330 e. The molecule has 106 valence electrons. The Morgan fingerprint density at radius 3 is 2.26 bits per heavy atom. The summed E-state index contributed by atoms with van der Waals surface area (Å²) in [6.45, 7) is 14.1. The Morgan fingerprint density at radius 1 is 1.16 bits per heavy atom. The van der Waals surface area contributed by atoms with Crippen LogP contribution in [-0.2, 0) is 17.3 Å². The summed E-state index contributed by atoms with van der Waals surface area (Å²) in [6, 6.07) is 0. The molecule has 0 saturated carbocycles. The molecule has 0 saturated heterocycles. The molecule has 19 heavy (non-hydrogen) atoms. The Balaban J connectivity index is 2.75. The van der Waals surface area contributed by atoms with E-state index in [9.17, 15) is 0 Å². The van der Waals surface area contributed by atoms with Crippen LogP contribution in [0.3, 0.4) is 0 Å². The highest BCUT2D eigenvalue weighted by Crippen LogP contribution is 2.33. The van der Waals surface area contributed by atoms with Gasteiger partial charge in [0.1, 0.15) is 0 Å². The molecular formula is C15H25N3S. The molecule has 0 spiro atoms. The third kappa shape index (κ3) is 2.56.